The maximum absolute atomic E-state index is 13.9. The maximum Gasteiger partial charge on any atom is 0.187 e. The van der Waals surface area contributed by atoms with Crippen LogP contribution in [0.3, 0.4) is 0 Å². The molecule has 7 rings (SSSR count). The highest BCUT2D eigenvalue weighted by Crippen LogP contribution is 2.50. The first kappa shape index (κ1) is 37.5. The lowest BCUT2D eigenvalue weighted by molar-refractivity contribution is -0.319. The van der Waals surface area contributed by atoms with E-state index in [-0.39, 0.29) is 38.0 Å². The van der Waals surface area contributed by atoms with Crippen molar-refractivity contribution in [2.24, 2.45) is 0 Å². The van der Waals surface area contributed by atoms with E-state index >= 15 is 0 Å². The molecule has 0 amide bonds. The van der Waals surface area contributed by atoms with E-state index in [0.717, 1.165) is 0 Å². The summed E-state index contributed by atoms with van der Waals surface area (Å²) in [6.07, 6.45) is -14.1. The summed E-state index contributed by atoms with van der Waals surface area (Å²) in [6, 6.07) is 6.82. The quantitative estimate of drug-likeness (QED) is 0.177. The van der Waals surface area contributed by atoms with Crippen molar-refractivity contribution in [2.45, 2.75) is 79.9 Å². The summed E-state index contributed by atoms with van der Waals surface area (Å²) >= 11 is 0. The number of benzene rings is 2. The molecule has 2 aromatic carbocycles. The SMILES string of the molecule is C=C(CO[C@@H]1O[C@H](CO[C@@H]2OC[C@H](O)[C@H](O)[C@H]2O)[C@@H](O)[C@H](O)[C@H]1O)[C@H]1Cc2c(ccc3c2O[C@@H]2COc4cc(OC)c(OC)cc4[C@@H]2C3=O)O1.Cl. The van der Waals surface area contributed by atoms with Gasteiger partial charge in [-0.1, -0.05) is 6.58 Å². The van der Waals surface area contributed by atoms with E-state index in [1.807, 2.05) is 0 Å². The van der Waals surface area contributed by atoms with Crippen LogP contribution < -0.4 is 23.7 Å². The van der Waals surface area contributed by atoms with Crippen molar-refractivity contribution in [3.05, 3.63) is 53.1 Å². The van der Waals surface area contributed by atoms with Crippen molar-refractivity contribution >= 4 is 18.2 Å². The monoisotopic (exact) mass is 740 g/mol. The van der Waals surface area contributed by atoms with Crippen LogP contribution in [0.2, 0.25) is 0 Å². The minimum atomic E-state index is -1.67. The Hall–Kier alpha value is -3.26. The summed E-state index contributed by atoms with van der Waals surface area (Å²) < 4.78 is 51.5. The van der Waals surface area contributed by atoms with Crippen LogP contribution in [0.25, 0.3) is 0 Å². The van der Waals surface area contributed by atoms with Gasteiger partial charge in [-0.05, 0) is 23.8 Å². The predicted octanol–water partition coefficient (Wildman–Crippen LogP) is -0.615. The zero-order chi connectivity index (χ0) is 35.4. The van der Waals surface area contributed by atoms with Gasteiger partial charge in [0.2, 0.25) is 0 Å². The topological polar surface area (TPSA) is 222 Å². The average molecular weight is 741 g/mol. The Kier molecular flexibility index (Phi) is 11.0. The van der Waals surface area contributed by atoms with Crippen molar-refractivity contribution in [1.82, 2.24) is 0 Å². The molecule has 5 aliphatic heterocycles. The number of ether oxygens (including phenoxy) is 9. The second kappa shape index (κ2) is 15.0. The minimum Gasteiger partial charge on any atom is -0.493 e. The van der Waals surface area contributed by atoms with Gasteiger partial charge < -0.3 is 73.3 Å². The predicted molar refractivity (Wildman–Crippen MR) is 174 cm³/mol. The van der Waals surface area contributed by atoms with Crippen molar-refractivity contribution < 1.29 is 78.1 Å². The number of rotatable bonds is 9. The van der Waals surface area contributed by atoms with Gasteiger partial charge in [0.1, 0.15) is 78.8 Å². The Labute approximate surface area is 298 Å². The van der Waals surface area contributed by atoms with Crippen LogP contribution in [0, 0.1) is 0 Å². The van der Waals surface area contributed by atoms with Gasteiger partial charge in [0.15, 0.2) is 29.9 Å². The largest absolute Gasteiger partial charge is 0.493 e. The lowest BCUT2D eigenvalue weighted by atomic mass is 9.81. The molecule has 5 aliphatic rings. The number of ketones is 1. The molecule has 0 saturated carbocycles. The highest BCUT2D eigenvalue weighted by molar-refractivity contribution is 6.06. The molecule has 2 fully saturated rings. The van der Waals surface area contributed by atoms with Crippen molar-refractivity contribution in [3.63, 3.8) is 0 Å². The number of carbonyl (C=O) groups excluding carboxylic acids is 1. The second-order valence-corrected chi connectivity index (χ2v) is 12.9. The number of carbonyl (C=O) groups is 1. The molecule has 0 aromatic heterocycles. The molecule has 5 heterocycles. The Morgan fingerprint density at radius 2 is 1.59 bits per heavy atom. The first-order chi connectivity index (χ1) is 24.0. The fourth-order valence-electron chi connectivity index (χ4n) is 6.88. The third-order valence-electron chi connectivity index (χ3n) is 9.76. The zero-order valence-electron chi connectivity index (χ0n) is 27.7. The number of hydrogen-bond acceptors (Lipinski definition) is 16. The molecular formula is C34H41ClO16. The third-order valence-corrected chi connectivity index (χ3v) is 9.76. The fourth-order valence-corrected chi connectivity index (χ4v) is 6.88. The van der Waals surface area contributed by atoms with Gasteiger partial charge in [-0.3, -0.25) is 4.79 Å². The molecule has 12 atom stereocenters. The van der Waals surface area contributed by atoms with Crippen LogP contribution in [0.4, 0.5) is 0 Å². The molecule has 280 valence electrons. The van der Waals surface area contributed by atoms with E-state index in [4.69, 9.17) is 42.6 Å². The van der Waals surface area contributed by atoms with Crippen LogP contribution in [0.15, 0.2) is 36.4 Å². The van der Waals surface area contributed by atoms with Crippen LogP contribution in [-0.2, 0) is 25.4 Å². The highest BCUT2D eigenvalue weighted by Gasteiger charge is 2.48. The summed E-state index contributed by atoms with van der Waals surface area (Å²) in [5.74, 6) is 1.67. The van der Waals surface area contributed by atoms with E-state index in [0.29, 0.717) is 57.4 Å². The molecule has 0 spiro atoms. The van der Waals surface area contributed by atoms with E-state index < -0.39 is 80.0 Å². The fraction of sp³-hybridized carbons (Fsp3) is 0.559. The number of methoxy groups -OCH3 is 2. The summed E-state index contributed by atoms with van der Waals surface area (Å²) in [4.78, 5) is 13.9. The first-order valence-electron chi connectivity index (χ1n) is 16.2. The van der Waals surface area contributed by atoms with Gasteiger partial charge in [-0.25, -0.2) is 0 Å². The Bertz CT molecular complexity index is 1620. The summed E-state index contributed by atoms with van der Waals surface area (Å²) in [6.45, 7) is 3.35. The van der Waals surface area contributed by atoms with E-state index in [9.17, 15) is 35.4 Å². The van der Waals surface area contributed by atoms with Crippen LogP contribution in [0.5, 0.6) is 28.7 Å². The van der Waals surface area contributed by atoms with Crippen molar-refractivity contribution in [3.8, 4) is 28.7 Å². The molecule has 6 N–H and O–H groups in total. The number of aliphatic hydroxyl groups is 6. The van der Waals surface area contributed by atoms with Crippen LogP contribution >= 0.6 is 12.4 Å². The summed E-state index contributed by atoms with van der Waals surface area (Å²) in [5, 5.41) is 61.2. The van der Waals surface area contributed by atoms with E-state index in [2.05, 4.69) is 6.58 Å². The molecule has 16 nitrogen and oxygen atoms in total. The smallest absolute Gasteiger partial charge is 0.187 e. The number of fused-ring (bicyclic) bond motifs is 6. The first-order valence-corrected chi connectivity index (χ1v) is 16.2. The van der Waals surface area contributed by atoms with Crippen LogP contribution in [-0.4, -0.2) is 145 Å². The molecule has 0 bridgehead atoms. The minimum absolute atomic E-state index is 0. The Balaban J connectivity index is 0.00000448. The van der Waals surface area contributed by atoms with Crippen molar-refractivity contribution in [1.29, 1.82) is 0 Å². The lowest BCUT2D eigenvalue weighted by Crippen LogP contribution is -2.60. The van der Waals surface area contributed by atoms with Gasteiger partial charge >= 0.3 is 0 Å². The van der Waals surface area contributed by atoms with Gasteiger partial charge in [0.05, 0.1) is 45.5 Å². The Morgan fingerprint density at radius 3 is 2.33 bits per heavy atom. The van der Waals surface area contributed by atoms with Gasteiger partial charge in [-0.15, -0.1) is 12.4 Å². The summed E-state index contributed by atoms with van der Waals surface area (Å²) in [7, 11) is 3.04. The number of halogens is 1. The lowest BCUT2D eigenvalue weighted by Gasteiger charge is -2.41. The van der Waals surface area contributed by atoms with E-state index in [1.54, 1.807) is 24.3 Å². The number of Topliss-reactive ketones (excluding diaryl/α,β-unsaturated/α-hetero) is 1. The van der Waals surface area contributed by atoms with Gasteiger partial charge in [0, 0.05) is 23.6 Å². The molecule has 0 aliphatic carbocycles. The number of hydrogen-bond donors (Lipinski definition) is 6. The standard InChI is InChI=1S/C34H40O16.ClH/c1-13(9-45-34-31(41)29(39)28(38)24(50-34)12-47-33-30(40)27(37)17(35)10-46-33)19-7-16-18(48-19)5-4-14-26(36)25-15-6-21(42-2)22(43-3)8-20(15)44-11-23(25)49-32(14)16;/h4-6,8,17,19,23-25,27-31,33-35,37-41H,1,7,9-12H2,2-3H3;1H/t17-,19+,23+,24+,25-,27-,28+,29-,30+,31+,33-,34+;/m0./s1. The highest BCUT2D eigenvalue weighted by atomic mass is 35.5. The zero-order valence-corrected chi connectivity index (χ0v) is 28.5. The molecule has 17 heteroatoms. The number of aliphatic hydroxyl groups excluding tert-OH is 6. The molecule has 2 saturated heterocycles. The maximum atomic E-state index is 13.9. The van der Waals surface area contributed by atoms with E-state index in [1.165, 1.54) is 14.2 Å². The second-order valence-electron chi connectivity index (χ2n) is 12.9. The third kappa shape index (κ3) is 6.75. The molecule has 2 aromatic rings. The molecule has 51 heavy (non-hydrogen) atoms. The van der Waals surface area contributed by atoms with Gasteiger partial charge in [0.25, 0.3) is 0 Å². The summed E-state index contributed by atoms with van der Waals surface area (Å²) in [5.41, 5.74) is 2.20. The Morgan fingerprint density at radius 1 is 0.863 bits per heavy atom. The normalized spacial score (nSPS) is 35.0. The van der Waals surface area contributed by atoms with Crippen LogP contribution in [0.1, 0.15) is 27.4 Å². The molecular weight excluding hydrogens is 700 g/mol. The molecule has 0 unspecified atom stereocenters. The van der Waals surface area contributed by atoms with Crippen molar-refractivity contribution in [2.75, 3.05) is 40.6 Å². The molecule has 0 radical (unpaired) electrons. The average Bonchev–Trinajstić information content (AvgIpc) is 3.57. The van der Waals surface area contributed by atoms with Gasteiger partial charge in [-0.2, -0.15) is 0 Å².